The molecule has 4 heteroatoms. The van der Waals surface area contributed by atoms with Crippen LogP contribution in [0.2, 0.25) is 5.02 Å². The molecule has 20 heavy (non-hydrogen) atoms. The van der Waals surface area contributed by atoms with Gasteiger partial charge in [0, 0.05) is 31.4 Å². The Hall–Kier alpha value is -0.800. The number of nitrogens with one attached hydrogen (secondary N) is 1. The summed E-state index contributed by atoms with van der Waals surface area (Å²) in [5, 5.41) is 4.34. The zero-order valence-electron chi connectivity index (χ0n) is 11.8. The number of aromatic nitrogens is 1. The highest BCUT2D eigenvalue weighted by Gasteiger charge is 2.34. The zero-order valence-corrected chi connectivity index (χ0v) is 12.6. The van der Waals surface area contributed by atoms with E-state index in [1.807, 2.05) is 6.20 Å². The summed E-state index contributed by atoms with van der Waals surface area (Å²) in [7, 11) is 0. The fourth-order valence-electron chi connectivity index (χ4n) is 2.70. The van der Waals surface area contributed by atoms with Crippen molar-refractivity contribution in [3.05, 3.63) is 22.8 Å². The fraction of sp³-hybridized carbons (Fsp3) is 0.688. The molecule has 108 valence electrons. The third-order valence-electron chi connectivity index (χ3n) is 4.51. The Morgan fingerprint density at radius 2 is 2.00 bits per heavy atom. The van der Waals surface area contributed by atoms with Crippen molar-refractivity contribution >= 4 is 17.4 Å². The van der Waals surface area contributed by atoms with E-state index in [0.29, 0.717) is 6.04 Å². The summed E-state index contributed by atoms with van der Waals surface area (Å²) in [6.07, 6.45) is 9.90. The number of hydrogen-bond donors (Lipinski definition) is 1. The monoisotopic (exact) mass is 291 g/mol. The Bertz CT molecular complexity index is 492. The lowest BCUT2D eigenvalue weighted by Crippen LogP contribution is -2.29. The van der Waals surface area contributed by atoms with Crippen molar-refractivity contribution in [3.8, 4) is 0 Å². The van der Waals surface area contributed by atoms with E-state index in [2.05, 4.69) is 21.3 Å². The molecule has 4 rings (SSSR count). The van der Waals surface area contributed by atoms with Crippen LogP contribution < -0.4 is 10.2 Å². The van der Waals surface area contributed by atoms with Gasteiger partial charge < -0.3 is 10.2 Å². The van der Waals surface area contributed by atoms with Gasteiger partial charge in [-0.1, -0.05) is 11.6 Å². The molecule has 1 aromatic rings. The van der Waals surface area contributed by atoms with Crippen molar-refractivity contribution in [2.24, 2.45) is 5.92 Å². The Morgan fingerprint density at radius 1 is 1.20 bits per heavy atom. The van der Waals surface area contributed by atoms with Crippen LogP contribution in [0.1, 0.15) is 44.1 Å². The number of nitrogens with zero attached hydrogens (tertiary/aromatic N) is 2. The van der Waals surface area contributed by atoms with Crippen molar-refractivity contribution in [1.29, 1.82) is 0 Å². The molecule has 0 unspecified atom stereocenters. The van der Waals surface area contributed by atoms with E-state index in [-0.39, 0.29) is 0 Å². The van der Waals surface area contributed by atoms with E-state index in [1.165, 1.54) is 50.6 Å². The minimum atomic E-state index is 0.716. The van der Waals surface area contributed by atoms with E-state index in [9.17, 15) is 0 Å². The molecule has 3 nitrogen and oxygen atoms in total. The number of rotatable bonds is 7. The molecule has 3 saturated carbocycles. The topological polar surface area (TPSA) is 28.2 Å². The molecule has 0 atom stereocenters. The molecule has 1 N–H and O–H groups in total. The van der Waals surface area contributed by atoms with Crippen LogP contribution in [-0.2, 0) is 6.54 Å². The van der Waals surface area contributed by atoms with Crippen molar-refractivity contribution < 1.29 is 0 Å². The molecule has 0 bridgehead atoms. The molecule has 3 aliphatic carbocycles. The number of anilines is 1. The zero-order chi connectivity index (χ0) is 13.5. The maximum atomic E-state index is 6.30. The maximum Gasteiger partial charge on any atom is 0.129 e. The molecule has 3 fully saturated rings. The number of halogens is 1. The van der Waals surface area contributed by atoms with Gasteiger partial charge in [0.25, 0.3) is 0 Å². The van der Waals surface area contributed by atoms with Gasteiger partial charge >= 0.3 is 0 Å². The maximum absolute atomic E-state index is 6.30. The lowest BCUT2D eigenvalue weighted by atomic mass is 10.2. The number of hydrogen-bond acceptors (Lipinski definition) is 3. The predicted molar refractivity (Wildman–Crippen MR) is 82.2 cm³/mol. The first-order valence-corrected chi connectivity index (χ1v) is 8.32. The van der Waals surface area contributed by atoms with Crippen LogP contribution in [0.25, 0.3) is 0 Å². The average molecular weight is 292 g/mol. The summed E-state index contributed by atoms with van der Waals surface area (Å²) in [5.74, 6) is 2.04. The molecule has 0 aromatic carbocycles. The normalized spacial score (nSPS) is 22.1. The molecule has 3 aliphatic rings. The van der Waals surface area contributed by atoms with E-state index in [4.69, 9.17) is 11.6 Å². The average Bonchev–Trinajstić information content (AvgIpc) is 3.26. The standard InChI is InChI=1S/C16H22ClN3/c17-15-9-19-16(7-12(15)8-18-13-3-4-13)20(14-5-6-14)10-11-1-2-11/h7,9,11,13-14,18H,1-6,8,10H2. The summed E-state index contributed by atoms with van der Waals surface area (Å²) in [4.78, 5) is 7.11. The quantitative estimate of drug-likeness (QED) is 0.835. The van der Waals surface area contributed by atoms with Gasteiger partial charge in [-0.2, -0.15) is 0 Å². The van der Waals surface area contributed by atoms with Gasteiger partial charge in [0.05, 0.1) is 5.02 Å². The highest BCUT2D eigenvalue weighted by molar-refractivity contribution is 6.31. The van der Waals surface area contributed by atoms with Gasteiger partial charge in [-0.25, -0.2) is 4.98 Å². The molecule has 0 aliphatic heterocycles. The molecule has 0 saturated heterocycles. The second-order valence-electron chi connectivity index (χ2n) is 6.62. The molecule has 0 spiro atoms. The Labute approximate surface area is 125 Å². The Balaban J connectivity index is 1.50. The van der Waals surface area contributed by atoms with E-state index >= 15 is 0 Å². The SMILES string of the molecule is Clc1cnc(N(CC2CC2)C2CC2)cc1CNC1CC1. The van der Waals surface area contributed by atoms with Crippen molar-refractivity contribution in [2.45, 2.75) is 57.2 Å². The van der Waals surface area contributed by atoms with Crippen LogP contribution in [0.3, 0.4) is 0 Å². The molecular weight excluding hydrogens is 270 g/mol. The number of pyridine rings is 1. The van der Waals surface area contributed by atoms with Gasteiger partial charge in [0.1, 0.15) is 5.82 Å². The fourth-order valence-corrected chi connectivity index (χ4v) is 2.87. The van der Waals surface area contributed by atoms with Crippen LogP contribution >= 0.6 is 11.6 Å². The van der Waals surface area contributed by atoms with Crippen LogP contribution in [0.4, 0.5) is 5.82 Å². The highest BCUT2D eigenvalue weighted by atomic mass is 35.5. The predicted octanol–water partition coefficient (Wildman–Crippen LogP) is 3.37. The largest absolute Gasteiger partial charge is 0.353 e. The summed E-state index contributed by atoms with van der Waals surface area (Å²) in [5.41, 5.74) is 1.20. The minimum absolute atomic E-state index is 0.716. The van der Waals surface area contributed by atoms with E-state index < -0.39 is 0 Å². The summed E-state index contributed by atoms with van der Waals surface area (Å²) >= 11 is 6.30. The first-order chi connectivity index (χ1) is 9.79. The van der Waals surface area contributed by atoms with E-state index in [0.717, 1.165) is 29.3 Å². The van der Waals surface area contributed by atoms with Crippen molar-refractivity contribution in [2.75, 3.05) is 11.4 Å². The lowest BCUT2D eigenvalue weighted by molar-refractivity contribution is 0.682. The van der Waals surface area contributed by atoms with Crippen molar-refractivity contribution in [1.82, 2.24) is 10.3 Å². The molecule has 1 heterocycles. The van der Waals surface area contributed by atoms with Crippen LogP contribution in [0.5, 0.6) is 0 Å². The van der Waals surface area contributed by atoms with Crippen molar-refractivity contribution in [3.63, 3.8) is 0 Å². The molecule has 0 radical (unpaired) electrons. The summed E-state index contributed by atoms with van der Waals surface area (Å²) in [6.45, 7) is 2.07. The van der Waals surface area contributed by atoms with Gasteiger partial charge in [-0.15, -0.1) is 0 Å². The highest BCUT2D eigenvalue weighted by Crippen LogP contribution is 2.37. The van der Waals surface area contributed by atoms with Crippen LogP contribution in [0.15, 0.2) is 12.3 Å². The van der Waals surface area contributed by atoms with Crippen LogP contribution in [0, 0.1) is 5.92 Å². The first kappa shape index (κ1) is 12.9. The smallest absolute Gasteiger partial charge is 0.129 e. The second-order valence-corrected chi connectivity index (χ2v) is 7.02. The van der Waals surface area contributed by atoms with Gasteiger partial charge in [-0.3, -0.25) is 0 Å². The minimum Gasteiger partial charge on any atom is -0.353 e. The second kappa shape index (κ2) is 5.19. The lowest BCUT2D eigenvalue weighted by Gasteiger charge is -2.24. The molecular formula is C16H22ClN3. The van der Waals surface area contributed by atoms with Crippen LogP contribution in [-0.4, -0.2) is 23.6 Å². The first-order valence-electron chi connectivity index (χ1n) is 7.94. The third kappa shape index (κ3) is 3.09. The third-order valence-corrected chi connectivity index (χ3v) is 4.85. The van der Waals surface area contributed by atoms with E-state index in [1.54, 1.807) is 0 Å². The molecule has 1 aromatic heterocycles. The molecule has 0 amide bonds. The van der Waals surface area contributed by atoms with Gasteiger partial charge in [0.2, 0.25) is 0 Å². The summed E-state index contributed by atoms with van der Waals surface area (Å²) in [6, 6.07) is 3.65. The van der Waals surface area contributed by atoms with Gasteiger partial charge in [0.15, 0.2) is 0 Å². The Morgan fingerprint density at radius 3 is 2.65 bits per heavy atom. The summed E-state index contributed by atoms with van der Waals surface area (Å²) < 4.78 is 0. The van der Waals surface area contributed by atoms with Gasteiger partial charge in [-0.05, 0) is 56.1 Å². The Kier molecular flexibility index (Phi) is 3.35.